The highest BCUT2D eigenvalue weighted by atomic mass is 32.2. The van der Waals surface area contributed by atoms with Gasteiger partial charge in [0.05, 0.1) is 11.3 Å². The number of aromatic nitrogens is 3. The van der Waals surface area contributed by atoms with Gasteiger partial charge in [0.25, 0.3) is 16.0 Å². The molecule has 9 nitrogen and oxygen atoms in total. The minimum Gasteiger partial charge on any atom is -0.351 e. The zero-order valence-corrected chi connectivity index (χ0v) is 19.9. The monoisotopic (exact) mass is 501 g/mol. The van der Waals surface area contributed by atoms with Crippen LogP contribution in [-0.2, 0) is 28.7 Å². The zero-order valence-electron chi connectivity index (χ0n) is 19.1. The Morgan fingerprint density at radius 2 is 1.61 bits per heavy atom. The fraction of sp³-hybridized carbons (Fsp3) is 0.154. The van der Waals surface area contributed by atoms with Crippen molar-refractivity contribution in [2.75, 3.05) is 10.6 Å². The molecule has 0 saturated heterocycles. The van der Waals surface area contributed by atoms with Gasteiger partial charge in [0.1, 0.15) is 5.75 Å². The number of rotatable bonds is 7. The molecule has 182 valence electrons. The number of amides is 1. The molecular weight excluding hydrogens is 478 g/mol. The molecule has 1 aliphatic rings. The van der Waals surface area contributed by atoms with E-state index in [-0.39, 0.29) is 17.3 Å². The second-order valence-corrected chi connectivity index (χ2v) is 10.1. The van der Waals surface area contributed by atoms with E-state index in [4.69, 9.17) is 4.55 Å². The summed E-state index contributed by atoms with van der Waals surface area (Å²) in [5.74, 6) is -0.431. The Bertz CT molecular complexity index is 1480. The first kappa shape index (κ1) is 23.6. The number of nitrogens with one attached hydrogen (secondary N) is 2. The van der Waals surface area contributed by atoms with Crippen LogP contribution in [0.5, 0.6) is 0 Å². The molecule has 0 unspecified atom stereocenters. The summed E-state index contributed by atoms with van der Waals surface area (Å²) in [6, 6.07) is 18.8. The van der Waals surface area contributed by atoms with Crippen LogP contribution >= 0.6 is 0 Å². The lowest BCUT2D eigenvalue weighted by atomic mass is 10.1. The van der Waals surface area contributed by atoms with E-state index in [0.29, 0.717) is 11.6 Å². The lowest BCUT2D eigenvalue weighted by Crippen LogP contribution is -2.20. The van der Waals surface area contributed by atoms with E-state index in [9.17, 15) is 13.2 Å². The van der Waals surface area contributed by atoms with Crippen molar-refractivity contribution in [3.63, 3.8) is 0 Å². The van der Waals surface area contributed by atoms with E-state index in [2.05, 4.69) is 49.9 Å². The molecule has 2 aromatic heterocycles. The highest BCUT2D eigenvalue weighted by Gasteiger charge is 2.21. The Morgan fingerprint density at radius 1 is 0.889 bits per heavy atom. The third-order valence-electron chi connectivity index (χ3n) is 5.91. The molecular formula is C26H23N5O4S. The van der Waals surface area contributed by atoms with Crippen molar-refractivity contribution in [2.24, 2.45) is 0 Å². The Hall–Kier alpha value is -4.15. The van der Waals surface area contributed by atoms with Crippen LogP contribution in [0.4, 0.5) is 11.6 Å². The van der Waals surface area contributed by atoms with Gasteiger partial charge in [-0.1, -0.05) is 36.4 Å². The molecule has 36 heavy (non-hydrogen) atoms. The zero-order chi connectivity index (χ0) is 25.1. The SMILES string of the molecule is O=C(Nc1cccc(-c2cnc(NC3Cc4ccccc4C3)nc2)c1)c1ccc(CS(=O)(=O)O)nc1. The number of pyridine rings is 1. The quantitative estimate of drug-likeness (QED) is 0.326. The molecule has 0 bridgehead atoms. The number of benzene rings is 2. The van der Waals surface area contributed by atoms with Gasteiger partial charge < -0.3 is 10.6 Å². The fourth-order valence-corrected chi connectivity index (χ4v) is 4.75. The van der Waals surface area contributed by atoms with Crippen molar-refractivity contribution >= 4 is 27.7 Å². The Morgan fingerprint density at radius 3 is 2.25 bits per heavy atom. The summed E-state index contributed by atoms with van der Waals surface area (Å²) >= 11 is 0. The average molecular weight is 502 g/mol. The predicted octanol–water partition coefficient (Wildman–Crippen LogP) is 3.76. The second-order valence-electron chi connectivity index (χ2n) is 8.61. The molecule has 4 aromatic rings. The van der Waals surface area contributed by atoms with Gasteiger partial charge in [0.15, 0.2) is 0 Å². The number of carbonyl (C=O) groups excluding carboxylic acids is 1. The summed E-state index contributed by atoms with van der Waals surface area (Å²) in [5, 5.41) is 6.21. The van der Waals surface area contributed by atoms with Crippen LogP contribution in [0.1, 0.15) is 27.2 Å². The highest BCUT2D eigenvalue weighted by Crippen LogP contribution is 2.25. The summed E-state index contributed by atoms with van der Waals surface area (Å²) in [7, 11) is -4.19. The fourth-order valence-electron chi connectivity index (χ4n) is 4.21. The lowest BCUT2D eigenvalue weighted by Gasteiger charge is -2.12. The summed E-state index contributed by atoms with van der Waals surface area (Å²) in [5.41, 5.74) is 5.34. The van der Waals surface area contributed by atoms with Gasteiger partial charge >= 0.3 is 0 Å². The smallest absolute Gasteiger partial charge is 0.270 e. The molecule has 0 fully saturated rings. The van der Waals surface area contributed by atoms with E-state index in [0.717, 1.165) is 24.0 Å². The minimum atomic E-state index is -4.19. The van der Waals surface area contributed by atoms with Gasteiger partial charge in [0.2, 0.25) is 5.95 Å². The van der Waals surface area contributed by atoms with Crippen LogP contribution in [0.25, 0.3) is 11.1 Å². The van der Waals surface area contributed by atoms with Crippen molar-refractivity contribution in [2.45, 2.75) is 24.6 Å². The molecule has 0 saturated carbocycles. The van der Waals surface area contributed by atoms with E-state index in [1.165, 1.54) is 29.5 Å². The van der Waals surface area contributed by atoms with Crippen molar-refractivity contribution in [3.8, 4) is 11.1 Å². The standard InChI is InChI=1S/C26H23N5O4S/c32-25(20-8-9-23(27-13-20)16-36(33,34)35)30-22-7-3-6-19(10-22)21-14-28-26(29-15-21)31-24-11-17-4-1-2-5-18(17)12-24/h1-10,13-15,24H,11-12,16H2,(H,30,32)(H,28,29,31)(H,33,34,35). The molecule has 0 atom stereocenters. The number of hydrogen-bond acceptors (Lipinski definition) is 7. The van der Waals surface area contributed by atoms with Gasteiger partial charge in [-0.25, -0.2) is 9.97 Å². The Kier molecular flexibility index (Phi) is 6.45. The topological polar surface area (TPSA) is 134 Å². The summed E-state index contributed by atoms with van der Waals surface area (Å²) in [6.45, 7) is 0. The minimum absolute atomic E-state index is 0.145. The largest absolute Gasteiger partial charge is 0.351 e. The van der Waals surface area contributed by atoms with E-state index in [1.54, 1.807) is 18.5 Å². The van der Waals surface area contributed by atoms with Crippen LogP contribution in [0.2, 0.25) is 0 Å². The lowest BCUT2D eigenvalue weighted by molar-refractivity contribution is 0.102. The molecule has 0 radical (unpaired) electrons. The van der Waals surface area contributed by atoms with Crippen LogP contribution < -0.4 is 10.6 Å². The first-order valence-corrected chi connectivity index (χ1v) is 12.9. The molecule has 0 aliphatic heterocycles. The summed E-state index contributed by atoms with van der Waals surface area (Å²) in [4.78, 5) is 25.5. The normalized spacial score (nSPS) is 13.2. The average Bonchev–Trinajstić information content (AvgIpc) is 3.26. The maximum Gasteiger partial charge on any atom is 0.270 e. The molecule has 2 heterocycles. The number of fused-ring (bicyclic) bond motifs is 1. The molecule has 2 aromatic carbocycles. The van der Waals surface area contributed by atoms with Gasteiger partial charge in [-0.2, -0.15) is 8.42 Å². The highest BCUT2D eigenvalue weighted by molar-refractivity contribution is 7.85. The van der Waals surface area contributed by atoms with Crippen molar-refractivity contribution in [1.29, 1.82) is 0 Å². The van der Waals surface area contributed by atoms with Gasteiger partial charge in [-0.05, 0) is 53.8 Å². The van der Waals surface area contributed by atoms with Crippen LogP contribution in [0.3, 0.4) is 0 Å². The number of nitrogens with zero attached hydrogens (tertiary/aromatic N) is 3. The van der Waals surface area contributed by atoms with Crippen LogP contribution in [0, 0.1) is 0 Å². The van der Waals surface area contributed by atoms with Gasteiger partial charge in [0, 0.05) is 35.9 Å². The first-order valence-electron chi connectivity index (χ1n) is 11.3. The molecule has 1 aliphatic carbocycles. The molecule has 1 amide bonds. The van der Waals surface area contributed by atoms with Gasteiger partial charge in [-0.3, -0.25) is 14.3 Å². The van der Waals surface area contributed by atoms with Crippen LogP contribution in [0.15, 0.2) is 79.3 Å². The van der Waals surface area contributed by atoms with E-state index < -0.39 is 21.8 Å². The van der Waals surface area contributed by atoms with E-state index in [1.807, 2.05) is 18.2 Å². The Labute approximate surface area is 208 Å². The van der Waals surface area contributed by atoms with Gasteiger partial charge in [-0.15, -0.1) is 0 Å². The maximum atomic E-state index is 12.6. The van der Waals surface area contributed by atoms with E-state index >= 15 is 0 Å². The molecule has 5 rings (SSSR count). The summed E-state index contributed by atoms with van der Waals surface area (Å²) in [6.07, 6.45) is 6.65. The molecule has 3 N–H and O–H groups in total. The van der Waals surface area contributed by atoms with Crippen molar-refractivity contribution in [1.82, 2.24) is 15.0 Å². The third-order valence-corrected chi connectivity index (χ3v) is 6.57. The number of hydrogen-bond donors (Lipinski definition) is 3. The Balaban J connectivity index is 1.22. The summed E-state index contributed by atoms with van der Waals surface area (Å²) < 4.78 is 30.9. The van der Waals surface area contributed by atoms with Crippen molar-refractivity contribution in [3.05, 3.63) is 102 Å². The molecule has 0 spiro atoms. The number of anilines is 2. The number of carbonyl (C=O) groups is 1. The van der Waals surface area contributed by atoms with Crippen LogP contribution in [-0.4, -0.2) is 39.9 Å². The second kappa shape index (κ2) is 9.84. The third kappa shape index (κ3) is 5.73. The first-order chi connectivity index (χ1) is 17.3. The molecule has 10 heteroatoms. The van der Waals surface area contributed by atoms with Crippen molar-refractivity contribution < 1.29 is 17.8 Å². The predicted molar refractivity (Wildman–Crippen MR) is 136 cm³/mol. The maximum absolute atomic E-state index is 12.6.